The van der Waals surface area contributed by atoms with Gasteiger partial charge in [0.05, 0.1) is 4.88 Å². The molecule has 1 aliphatic heterocycles. The fourth-order valence-electron chi connectivity index (χ4n) is 3.66. The number of hydrogen-bond donors (Lipinski definition) is 2. The van der Waals surface area contributed by atoms with Gasteiger partial charge >= 0.3 is 0 Å². The van der Waals surface area contributed by atoms with Crippen molar-refractivity contribution in [2.24, 2.45) is 5.73 Å². The van der Waals surface area contributed by atoms with Gasteiger partial charge in [-0.1, -0.05) is 24.3 Å². The highest BCUT2D eigenvalue weighted by Crippen LogP contribution is 2.37. The van der Waals surface area contributed by atoms with Crippen molar-refractivity contribution in [3.05, 3.63) is 65.9 Å². The second kappa shape index (κ2) is 8.04. The van der Waals surface area contributed by atoms with Gasteiger partial charge in [0.15, 0.2) is 5.78 Å². The maximum Gasteiger partial charge on any atom is 0.238 e. The van der Waals surface area contributed by atoms with Gasteiger partial charge < -0.3 is 11.1 Å². The predicted molar refractivity (Wildman–Crippen MR) is 111 cm³/mol. The Morgan fingerprint density at radius 1 is 1.10 bits per heavy atom. The van der Waals surface area contributed by atoms with E-state index in [2.05, 4.69) is 10.3 Å². The Morgan fingerprint density at radius 3 is 2.50 bits per heavy atom. The fraction of sp³-hybridized carbons (Fsp3) is 0.227. The van der Waals surface area contributed by atoms with E-state index in [4.69, 9.17) is 5.73 Å². The van der Waals surface area contributed by atoms with E-state index < -0.39 is 23.1 Å². The van der Waals surface area contributed by atoms with Crippen LogP contribution in [0, 0.1) is 11.6 Å². The Hall–Kier alpha value is -2.97. The van der Waals surface area contributed by atoms with Crippen LogP contribution in [0.2, 0.25) is 0 Å². The van der Waals surface area contributed by atoms with E-state index >= 15 is 0 Å². The summed E-state index contributed by atoms with van der Waals surface area (Å²) in [6, 6.07) is 11.7. The molecule has 154 valence electrons. The molecule has 0 saturated carbocycles. The van der Waals surface area contributed by atoms with Crippen molar-refractivity contribution < 1.29 is 18.4 Å². The number of carbonyl (C=O) groups excluding carboxylic acids is 2. The first-order chi connectivity index (χ1) is 14.4. The molecule has 1 saturated heterocycles. The molecular weight excluding hydrogens is 408 g/mol. The first-order valence-corrected chi connectivity index (χ1v) is 10.3. The maximum atomic E-state index is 13.7. The number of nitrogens with two attached hydrogens (primary N) is 1. The summed E-state index contributed by atoms with van der Waals surface area (Å²) >= 11 is 1.22. The number of Topliss-reactive ketones (excluding diaryl/α,β-unsaturated/α-hetero) is 1. The van der Waals surface area contributed by atoms with E-state index in [9.17, 15) is 18.4 Å². The largest absolute Gasteiger partial charge is 0.368 e. The van der Waals surface area contributed by atoms with Gasteiger partial charge in [-0.3, -0.25) is 9.59 Å². The van der Waals surface area contributed by atoms with Crippen LogP contribution >= 0.6 is 11.3 Å². The summed E-state index contributed by atoms with van der Waals surface area (Å²) < 4.78 is 27.1. The number of hydrogen-bond acceptors (Lipinski definition) is 5. The number of nitrogens with one attached hydrogen (secondary N) is 1. The van der Waals surface area contributed by atoms with Crippen LogP contribution in [-0.4, -0.2) is 28.8 Å². The zero-order valence-electron chi connectivity index (χ0n) is 16.0. The number of carbonyl (C=O) groups is 2. The number of aromatic nitrogens is 1. The molecule has 1 aromatic heterocycles. The second-order valence-corrected chi connectivity index (χ2v) is 8.29. The van der Waals surface area contributed by atoms with Gasteiger partial charge in [-0.05, 0) is 49.2 Å². The third kappa shape index (κ3) is 3.88. The van der Waals surface area contributed by atoms with Crippen LogP contribution in [-0.2, 0) is 4.79 Å². The first kappa shape index (κ1) is 20.3. The molecule has 0 spiro atoms. The highest BCUT2D eigenvalue weighted by atomic mass is 32.1. The van der Waals surface area contributed by atoms with Crippen molar-refractivity contribution in [2.45, 2.75) is 24.8 Å². The number of thiazole rings is 1. The number of halogens is 2. The lowest BCUT2D eigenvalue weighted by Gasteiger charge is -2.24. The lowest BCUT2D eigenvalue weighted by Crippen LogP contribution is -2.52. The van der Waals surface area contributed by atoms with Crippen molar-refractivity contribution in [3.63, 3.8) is 0 Å². The molecule has 0 aliphatic carbocycles. The molecule has 1 fully saturated rings. The van der Waals surface area contributed by atoms with Crippen LogP contribution in [0.15, 0.2) is 48.5 Å². The summed E-state index contributed by atoms with van der Waals surface area (Å²) in [4.78, 5) is 30.3. The highest BCUT2D eigenvalue weighted by molar-refractivity contribution is 7.18. The van der Waals surface area contributed by atoms with Crippen molar-refractivity contribution in [3.8, 4) is 21.0 Å². The summed E-state index contributed by atoms with van der Waals surface area (Å²) in [5, 5.41) is 3.53. The predicted octanol–water partition coefficient (Wildman–Crippen LogP) is 3.94. The quantitative estimate of drug-likeness (QED) is 0.584. The SMILES string of the molecule is NC(=O)C1(CC(=O)c2nc(-c3cccc(F)c3)sc2-c2ccc(F)cc2)CCCN1. The molecule has 2 heterocycles. The minimum Gasteiger partial charge on any atom is -0.368 e. The van der Waals surface area contributed by atoms with Crippen molar-refractivity contribution >= 4 is 23.0 Å². The number of nitrogens with zero attached hydrogens (tertiary/aromatic N) is 1. The van der Waals surface area contributed by atoms with Crippen LogP contribution in [0.25, 0.3) is 21.0 Å². The van der Waals surface area contributed by atoms with E-state index in [1.54, 1.807) is 24.3 Å². The monoisotopic (exact) mass is 427 g/mol. The average Bonchev–Trinajstić information content (AvgIpc) is 3.37. The average molecular weight is 427 g/mol. The highest BCUT2D eigenvalue weighted by Gasteiger charge is 2.42. The summed E-state index contributed by atoms with van der Waals surface area (Å²) in [5.74, 6) is -1.73. The molecular formula is C22H19F2N3O2S. The number of benzene rings is 2. The van der Waals surface area contributed by atoms with Gasteiger partial charge in [-0.2, -0.15) is 0 Å². The van der Waals surface area contributed by atoms with Crippen molar-refractivity contribution in [1.29, 1.82) is 0 Å². The van der Waals surface area contributed by atoms with E-state index in [0.717, 1.165) is 6.42 Å². The Bertz CT molecular complexity index is 1110. The zero-order chi connectivity index (χ0) is 21.3. The van der Waals surface area contributed by atoms with Crippen LogP contribution in [0.5, 0.6) is 0 Å². The van der Waals surface area contributed by atoms with Gasteiger partial charge in [0.1, 0.15) is 27.9 Å². The summed E-state index contributed by atoms with van der Waals surface area (Å²) in [6.07, 6.45) is 1.09. The lowest BCUT2D eigenvalue weighted by atomic mass is 9.89. The Labute approximate surface area is 175 Å². The van der Waals surface area contributed by atoms with Crippen LogP contribution in [0.1, 0.15) is 29.8 Å². The summed E-state index contributed by atoms with van der Waals surface area (Å²) in [6.45, 7) is 0.604. The molecule has 1 atom stereocenters. The topological polar surface area (TPSA) is 85.1 Å². The Morgan fingerprint density at radius 2 is 1.87 bits per heavy atom. The smallest absolute Gasteiger partial charge is 0.238 e. The first-order valence-electron chi connectivity index (χ1n) is 9.49. The molecule has 8 heteroatoms. The van der Waals surface area contributed by atoms with Gasteiger partial charge in [0.2, 0.25) is 5.91 Å². The summed E-state index contributed by atoms with van der Waals surface area (Å²) in [7, 11) is 0. The van der Waals surface area contributed by atoms with Crippen molar-refractivity contribution in [1.82, 2.24) is 10.3 Å². The van der Waals surface area contributed by atoms with Crippen molar-refractivity contribution in [2.75, 3.05) is 6.54 Å². The number of primary amides is 1. The van der Waals surface area contributed by atoms with Crippen LogP contribution in [0.3, 0.4) is 0 Å². The molecule has 1 aliphatic rings. The number of amides is 1. The number of ketones is 1. The molecule has 1 unspecified atom stereocenters. The Kier molecular flexibility index (Phi) is 5.44. The third-order valence-corrected chi connectivity index (χ3v) is 6.40. The molecule has 4 rings (SSSR count). The van der Waals surface area contributed by atoms with Crippen LogP contribution in [0.4, 0.5) is 8.78 Å². The van der Waals surface area contributed by atoms with Gasteiger partial charge in [0.25, 0.3) is 0 Å². The molecule has 3 aromatic rings. The van der Waals surface area contributed by atoms with Crippen LogP contribution < -0.4 is 11.1 Å². The summed E-state index contributed by atoms with van der Waals surface area (Å²) in [5.41, 5.74) is 5.80. The van der Waals surface area contributed by atoms with Gasteiger partial charge in [-0.25, -0.2) is 13.8 Å². The van der Waals surface area contributed by atoms with Gasteiger partial charge in [0, 0.05) is 12.0 Å². The maximum absolute atomic E-state index is 13.7. The molecule has 30 heavy (non-hydrogen) atoms. The minimum absolute atomic E-state index is 0.122. The molecule has 0 bridgehead atoms. The molecule has 3 N–H and O–H groups in total. The molecule has 0 radical (unpaired) electrons. The number of rotatable bonds is 6. The molecule has 5 nitrogen and oxygen atoms in total. The Balaban J connectivity index is 1.77. The lowest BCUT2D eigenvalue weighted by molar-refractivity contribution is -0.123. The molecule has 1 amide bonds. The molecule has 2 aromatic carbocycles. The third-order valence-electron chi connectivity index (χ3n) is 5.25. The van der Waals surface area contributed by atoms with E-state index in [1.807, 2.05) is 0 Å². The van der Waals surface area contributed by atoms with E-state index in [0.29, 0.717) is 34.0 Å². The zero-order valence-corrected chi connectivity index (χ0v) is 16.8. The standard InChI is InChI=1S/C22H19F2N3O2S/c23-15-7-5-13(6-8-15)19-18(17(28)12-22(21(25)29)9-2-10-26-22)27-20(30-19)14-3-1-4-16(24)11-14/h1,3-8,11,26H,2,9-10,12H2,(H2,25,29). The van der Waals surface area contributed by atoms with E-state index in [-0.39, 0.29) is 17.9 Å². The fourth-order valence-corrected chi connectivity index (χ4v) is 4.75. The van der Waals surface area contributed by atoms with E-state index in [1.165, 1.54) is 35.6 Å². The second-order valence-electron chi connectivity index (χ2n) is 7.29. The minimum atomic E-state index is -1.10. The van der Waals surface area contributed by atoms with Gasteiger partial charge in [-0.15, -0.1) is 11.3 Å². The normalized spacial score (nSPS) is 18.5.